The van der Waals surface area contributed by atoms with Crippen LogP contribution in [-0.2, 0) is 14.4 Å². The monoisotopic (exact) mass is 506 g/mol. The quantitative estimate of drug-likeness (QED) is 0.391. The molecule has 1 aliphatic heterocycles. The van der Waals surface area contributed by atoms with E-state index in [9.17, 15) is 29.7 Å². The number of aromatic hydroxyl groups is 1. The highest BCUT2D eigenvalue weighted by Crippen LogP contribution is 2.57. The second-order valence-electron chi connectivity index (χ2n) is 9.95. The van der Waals surface area contributed by atoms with Crippen LogP contribution in [0.3, 0.4) is 0 Å². The van der Waals surface area contributed by atoms with Crippen molar-refractivity contribution in [1.29, 1.82) is 0 Å². The van der Waals surface area contributed by atoms with E-state index in [2.05, 4.69) is 5.32 Å². The number of phenolic OH excluding ortho intramolecular Hbond substituents is 1. The van der Waals surface area contributed by atoms with Crippen molar-refractivity contribution in [2.24, 2.45) is 23.0 Å². The van der Waals surface area contributed by atoms with Crippen molar-refractivity contribution in [3.63, 3.8) is 0 Å². The van der Waals surface area contributed by atoms with Gasteiger partial charge in [0.15, 0.2) is 11.6 Å². The summed E-state index contributed by atoms with van der Waals surface area (Å²) in [5.74, 6) is -6.20. The largest absolute Gasteiger partial charge is 0.511 e. The Bertz CT molecular complexity index is 1410. The van der Waals surface area contributed by atoms with Crippen LogP contribution < -0.4 is 20.5 Å². The van der Waals surface area contributed by atoms with Gasteiger partial charge in [0.05, 0.1) is 24.6 Å². The third-order valence-electron chi connectivity index (χ3n) is 7.51. The molecule has 3 aliphatic rings. The number of carbonyl (C=O) groups excluding carboxylic acids is 3. The number of aliphatic hydroxyl groups excluding tert-OH is 2. The molecule has 1 amide bonds. The van der Waals surface area contributed by atoms with Gasteiger partial charge in [0.2, 0.25) is 0 Å². The van der Waals surface area contributed by atoms with Crippen molar-refractivity contribution in [2.75, 3.05) is 12.4 Å². The SMILES string of the molecule is COc1cc(O)c2c(c1)OC1C(=C2O)C(=O)C2C(O)=C(C(N)=O)C(=O)C(Nc3ccccc3)C2C1(C)C. The van der Waals surface area contributed by atoms with Crippen molar-refractivity contribution in [3.05, 3.63) is 64.9 Å². The Morgan fingerprint density at radius 3 is 2.38 bits per heavy atom. The lowest BCUT2D eigenvalue weighted by molar-refractivity contribution is -0.136. The molecule has 37 heavy (non-hydrogen) atoms. The Kier molecular flexibility index (Phi) is 5.43. The highest BCUT2D eigenvalue weighted by Gasteiger charge is 2.63. The van der Waals surface area contributed by atoms with Crippen molar-refractivity contribution in [2.45, 2.75) is 26.0 Å². The number of anilines is 1. The standard InChI is InChI=1S/C27H26N2O8/c1-27(2)19-16(23(33)18(26(28)35)24(34)20(19)29-11-7-5-4-6-8-11)22(32)17-21(31)15-13(30)9-12(36-3)10-14(15)37-25(17)27/h4-10,16,19-20,25,29-31,33H,1-3H3,(H2,28,35). The number of fused-ring (bicyclic) bond motifs is 3. The van der Waals surface area contributed by atoms with E-state index < -0.39 is 64.0 Å². The Labute approximate surface area is 212 Å². The number of hydrogen-bond acceptors (Lipinski definition) is 9. The summed E-state index contributed by atoms with van der Waals surface area (Å²) in [6, 6.07) is 10.4. The Morgan fingerprint density at radius 1 is 1.08 bits per heavy atom. The van der Waals surface area contributed by atoms with Gasteiger partial charge in [-0.15, -0.1) is 0 Å². The van der Waals surface area contributed by atoms with Crippen LogP contribution in [0.5, 0.6) is 17.2 Å². The molecule has 2 aromatic rings. The number of hydrogen-bond donors (Lipinski definition) is 5. The molecule has 4 atom stereocenters. The van der Waals surface area contributed by atoms with Crippen LogP contribution in [0.2, 0.25) is 0 Å². The summed E-state index contributed by atoms with van der Waals surface area (Å²) in [7, 11) is 1.41. The maximum absolute atomic E-state index is 13.9. The van der Waals surface area contributed by atoms with Gasteiger partial charge in [-0.2, -0.15) is 0 Å². The third-order valence-corrected chi connectivity index (χ3v) is 7.51. The number of ether oxygens (including phenoxy) is 2. The average molecular weight is 507 g/mol. The molecule has 0 aromatic heterocycles. The molecule has 192 valence electrons. The summed E-state index contributed by atoms with van der Waals surface area (Å²) in [5.41, 5.74) is 4.00. The lowest BCUT2D eigenvalue weighted by atomic mass is 9.53. The number of primary amides is 1. The molecule has 0 radical (unpaired) electrons. The molecule has 2 aromatic carbocycles. The topological polar surface area (TPSA) is 168 Å². The van der Waals surface area contributed by atoms with Gasteiger partial charge in [-0.1, -0.05) is 32.0 Å². The Morgan fingerprint density at radius 2 is 1.76 bits per heavy atom. The summed E-state index contributed by atoms with van der Waals surface area (Å²) in [6.45, 7) is 3.49. The number of Topliss-reactive ketones (excluding diaryl/α,β-unsaturated/α-hetero) is 2. The van der Waals surface area contributed by atoms with Crippen LogP contribution in [0.1, 0.15) is 19.4 Å². The van der Waals surface area contributed by atoms with Crippen LogP contribution in [0.25, 0.3) is 5.76 Å². The van der Waals surface area contributed by atoms with Crippen molar-refractivity contribution >= 4 is 28.9 Å². The van der Waals surface area contributed by atoms with E-state index in [1.165, 1.54) is 19.2 Å². The molecule has 10 nitrogen and oxygen atoms in total. The van der Waals surface area contributed by atoms with Crippen LogP contribution in [-0.4, -0.2) is 52.0 Å². The van der Waals surface area contributed by atoms with Gasteiger partial charge in [0.25, 0.3) is 5.91 Å². The molecule has 1 heterocycles. The lowest BCUT2D eigenvalue weighted by Gasteiger charge is -2.53. The molecule has 0 saturated heterocycles. The number of benzene rings is 2. The molecular formula is C27H26N2O8. The van der Waals surface area contributed by atoms with E-state index in [1.54, 1.807) is 44.2 Å². The fraction of sp³-hybridized carbons (Fsp3) is 0.296. The summed E-state index contributed by atoms with van der Waals surface area (Å²) < 4.78 is 11.4. The maximum Gasteiger partial charge on any atom is 0.255 e. The van der Waals surface area contributed by atoms with E-state index in [0.717, 1.165) is 0 Å². The second kappa shape index (κ2) is 8.29. The van der Waals surface area contributed by atoms with E-state index in [4.69, 9.17) is 15.2 Å². The predicted octanol–water partition coefficient (Wildman–Crippen LogP) is 2.63. The number of carbonyl (C=O) groups is 3. The van der Waals surface area contributed by atoms with Crippen LogP contribution in [0, 0.1) is 17.3 Å². The van der Waals surface area contributed by atoms with Crippen LogP contribution in [0.15, 0.2) is 59.4 Å². The van der Waals surface area contributed by atoms with E-state index in [-0.39, 0.29) is 28.4 Å². The van der Waals surface area contributed by atoms with Gasteiger partial charge in [0.1, 0.15) is 46.0 Å². The summed E-state index contributed by atoms with van der Waals surface area (Å²) >= 11 is 0. The van der Waals surface area contributed by atoms with Gasteiger partial charge in [-0.25, -0.2) is 0 Å². The van der Waals surface area contributed by atoms with Crippen molar-refractivity contribution in [1.82, 2.24) is 0 Å². The number of rotatable bonds is 4. The van der Waals surface area contributed by atoms with Crippen LogP contribution >= 0.6 is 0 Å². The fourth-order valence-corrected chi connectivity index (χ4v) is 5.81. The molecular weight excluding hydrogens is 480 g/mol. The van der Waals surface area contributed by atoms with Crippen molar-refractivity contribution < 1.29 is 39.2 Å². The highest BCUT2D eigenvalue weighted by atomic mass is 16.5. The fourth-order valence-electron chi connectivity index (χ4n) is 5.81. The number of aliphatic hydroxyl groups is 2. The van der Waals surface area contributed by atoms with Crippen LogP contribution in [0.4, 0.5) is 5.69 Å². The first-order valence-corrected chi connectivity index (χ1v) is 11.6. The number of phenols is 1. The van der Waals surface area contributed by atoms with E-state index in [0.29, 0.717) is 5.69 Å². The normalized spacial score (nSPS) is 26.0. The minimum atomic E-state index is -1.38. The summed E-state index contributed by atoms with van der Waals surface area (Å²) in [4.78, 5) is 39.7. The summed E-state index contributed by atoms with van der Waals surface area (Å²) in [6.07, 6.45) is -1.06. The first-order chi connectivity index (χ1) is 17.5. The molecule has 10 heteroatoms. The summed E-state index contributed by atoms with van der Waals surface area (Å²) in [5, 5.41) is 36.0. The Hall–Kier alpha value is -4.47. The van der Waals surface area contributed by atoms with E-state index in [1.807, 2.05) is 0 Å². The smallest absolute Gasteiger partial charge is 0.255 e. The molecule has 1 fully saturated rings. The maximum atomic E-state index is 13.9. The molecule has 0 spiro atoms. The molecule has 6 N–H and O–H groups in total. The number of nitrogens with two attached hydrogens (primary N) is 1. The number of methoxy groups -OCH3 is 1. The minimum absolute atomic E-state index is 0.0923. The molecule has 0 bridgehead atoms. The highest BCUT2D eigenvalue weighted by molar-refractivity contribution is 6.24. The number of nitrogens with one attached hydrogen (secondary N) is 1. The van der Waals surface area contributed by atoms with Gasteiger partial charge >= 0.3 is 0 Å². The van der Waals surface area contributed by atoms with Crippen molar-refractivity contribution in [3.8, 4) is 17.2 Å². The average Bonchev–Trinajstić information content (AvgIpc) is 2.84. The number of para-hydroxylation sites is 1. The van der Waals surface area contributed by atoms with E-state index >= 15 is 0 Å². The lowest BCUT2D eigenvalue weighted by Crippen LogP contribution is -2.63. The Balaban J connectivity index is 1.73. The molecule has 2 aliphatic carbocycles. The number of allylic oxidation sites excluding steroid dienone is 1. The zero-order valence-corrected chi connectivity index (χ0v) is 20.3. The number of ketones is 2. The van der Waals surface area contributed by atoms with Gasteiger partial charge in [-0.3, -0.25) is 14.4 Å². The minimum Gasteiger partial charge on any atom is -0.511 e. The molecule has 5 rings (SSSR count). The zero-order valence-electron chi connectivity index (χ0n) is 20.3. The molecule has 4 unspecified atom stereocenters. The number of amides is 1. The first kappa shape index (κ1) is 24.2. The zero-order chi connectivity index (χ0) is 26.8. The third kappa shape index (κ3) is 3.43. The second-order valence-corrected chi connectivity index (χ2v) is 9.95. The van der Waals surface area contributed by atoms with Gasteiger partial charge in [0, 0.05) is 29.2 Å². The van der Waals surface area contributed by atoms with Gasteiger partial charge < -0.3 is 35.8 Å². The molecule has 1 saturated carbocycles. The first-order valence-electron chi connectivity index (χ1n) is 11.6. The predicted molar refractivity (Wildman–Crippen MR) is 132 cm³/mol. The van der Waals surface area contributed by atoms with Gasteiger partial charge in [-0.05, 0) is 12.1 Å².